The summed E-state index contributed by atoms with van der Waals surface area (Å²) in [5.74, 6) is 0.00171. The molecule has 1 aliphatic rings. The van der Waals surface area contributed by atoms with Crippen LogP contribution in [0.25, 0.3) is 0 Å². The molecule has 4 nitrogen and oxygen atoms in total. The van der Waals surface area contributed by atoms with E-state index < -0.39 is 0 Å². The van der Waals surface area contributed by atoms with Crippen LogP contribution in [0.5, 0.6) is 0 Å². The summed E-state index contributed by atoms with van der Waals surface area (Å²) in [5, 5.41) is 15.1. The van der Waals surface area contributed by atoms with Crippen LogP contribution >= 0.6 is 0 Å². The van der Waals surface area contributed by atoms with Gasteiger partial charge in [0.2, 0.25) is 5.91 Å². The number of fused-ring (bicyclic) bond motifs is 1. The Hall–Kier alpha value is -1.55. The number of aliphatic hydroxyl groups is 1. The number of hydrogen-bond donors (Lipinski definition) is 3. The quantitative estimate of drug-likeness (QED) is 0.725. The maximum absolute atomic E-state index is 11.8. The van der Waals surface area contributed by atoms with E-state index >= 15 is 0 Å². The number of aliphatic hydroxyl groups excluding tert-OH is 1. The van der Waals surface area contributed by atoms with Crippen LogP contribution in [0, 0.1) is 0 Å². The fraction of sp³-hybridized carbons (Fsp3) is 0.462. The third kappa shape index (κ3) is 2.97. The fourth-order valence-corrected chi connectivity index (χ4v) is 1.98. The topological polar surface area (TPSA) is 61.4 Å². The second-order valence-corrected chi connectivity index (χ2v) is 4.49. The van der Waals surface area contributed by atoms with Gasteiger partial charge in [-0.2, -0.15) is 0 Å². The van der Waals surface area contributed by atoms with Crippen molar-refractivity contribution in [2.45, 2.75) is 31.9 Å². The molecule has 0 aromatic heterocycles. The molecule has 1 aromatic carbocycles. The first kappa shape index (κ1) is 11.9. The molecule has 0 saturated carbocycles. The average Bonchev–Trinajstić information content (AvgIpc) is 2.71. The van der Waals surface area contributed by atoms with E-state index in [0.717, 1.165) is 12.1 Å². The van der Waals surface area contributed by atoms with E-state index in [2.05, 4.69) is 10.6 Å². The molecular weight excluding hydrogens is 216 g/mol. The van der Waals surface area contributed by atoms with E-state index in [4.69, 9.17) is 5.11 Å². The van der Waals surface area contributed by atoms with Crippen molar-refractivity contribution >= 4 is 11.6 Å². The van der Waals surface area contributed by atoms with Crippen LogP contribution in [-0.4, -0.2) is 29.7 Å². The maximum Gasteiger partial charge on any atom is 0.242 e. The molecule has 0 spiro atoms. The van der Waals surface area contributed by atoms with Crippen LogP contribution in [0.4, 0.5) is 5.69 Å². The summed E-state index contributed by atoms with van der Waals surface area (Å²) in [6.07, 6.45) is 0.950. The molecule has 3 N–H and O–H groups in total. The van der Waals surface area contributed by atoms with Crippen molar-refractivity contribution in [3.05, 3.63) is 29.8 Å². The Morgan fingerprint density at radius 3 is 3.06 bits per heavy atom. The summed E-state index contributed by atoms with van der Waals surface area (Å²) in [7, 11) is 0. The number of benzene rings is 1. The summed E-state index contributed by atoms with van der Waals surface area (Å²) in [5.41, 5.74) is 2.23. The highest BCUT2D eigenvalue weighted by Gasteiger charge is 2.25. The molecule has 92 valence electrons. The first-order valence-electron chi connectivity index (χ1n) is 5.97. The molecule has 1 aliphatic heterocycles. The van der Waals surface area contributed by atoms with E-state index in [0.29, 0.717) is 13.0 Å². The number of hydrogen-bond acceptors (Lipinski definition) is 3. The highest BCUT2D eigenvalue weighted by atomic mass is 16.3. The van der Waals surface area contributed by atoms with Gasteiger partial charge in [0.1, 0.15) is 6.04 Å². The molecule has 2 unspecified atom stereocenters. The molecule has 0 bridgehead atoms. The van der Waals surface area contributed by atoms with Gasteiger partial charge in [0.25, 0.3) is 0 Å². The minimum absolute atomic E-state index is 0.00171. The van der Waals surface area contributed by atoms with Gasteiger partial charge in [0, 0.05) is 18.7 Å². The summed E-state index contributed by atoms with van der Waals surface area (Å²) in [4.78, 5) is 11.8. The zero-order valence-corrected chi connectivity index (χ0v) is 9.94. The van der Waals surface area contributed by atoms with Crippen molar-refractivity contribution < 1.29 is 9.90 Å². The van der Waals surface area contributed by atoms with E-state index in [9.17, 15) is 4.79 Å². The lowest BCUT2D eigenvalue weighted by Crippen LogP contribution is -2.39. The molecule has 1 heterocycles. The Morgan fingerprint density at radius 2 is 2.35 bits per heavy atom. The summed E-state index contributed by atoms with van der Waals surface area (Å²) >= 11 is 0. The number of carbonyl (C=O) groups excluding carboxylic acids is 1. The van der Waals surface area contributed by atoms with Gasteiger partial charge in [0.15, 0.2) is 0 Å². The lowest BCUT2D eigenvalue weighted by molar-refractivity contribution is -0.121. The van der Waals surface area contributed by atoms with Gasteiger partial charge in [-0.05, 0) is 25.0 Å². The fourth-order valence-electron chi connectivity index (χ4n) is 1.98. The number of rotatable bonds is 4. The van der Waals surface area contributed by atoms with Crippen LogP contribution in [0.1, 0.15) is 18.9 Å². The lowest BCUT2D eigenvalue weighted by Gasteiger charge is -2.12. The van der Waals surface area contributed by atoms with E-state index in [1.165, 1.54) is 5.56 Å². The van der Waals surface area contributed by atoms with Crippen molar-refractivity contribution in [2.75, 3.05) is 11.9 Å². The van der Waals surface area contributed by atoms with Crippen LogP contribution in [0.15, 0.2) is 24.3 Å². The standard InChI is InChI=1S/C13H18N2O2/c1-9(16)6-7-14-13(17)12-8-10-4-2-3-5-11(10)15-12/h2-5,9,12,15-16H,6-8H2,1H3,(H,14,17). The smallest absolute Gasteiger partial charge is 0.242 e. The van der Waals surface area contributed by atoms with Gasteiger partial charge < -0.3 is 15.7 Å². The highest BCUT2D eigenvalue weighted by molar-refractivity contribution is 5.87. The molecule has 1 aromatic rings. The van der Waals surface area contributed by atoms with Crippen LogP contribution in [0.2, 0.25) is 0 Å². The second-order valence-electron chi connectivity index (χ2n) is 4.49. The van der Waals surface area contributed by atoms with Crippen molar-refractivity contribution in [2.24, 2.45) is 0 Å². The lowest BCUT2D eigenvalue weighted by atomic mass is 10.1. The Balaban J connectivity index is 1.84. The van der Waals surface area contributed by atoms with Crippen molar-refractivity contribution in [1.82, 2.24) is 5.32 Å². The molecule has 17 heavy (non-hydrogen) atoms. The SMILES string of the molecule is CC(O)CCNC(=O)C1Cc2ccccc2N1. The zero-order chi connectivity index (χ0) is 12.3. The summed E-state index contributed by atoms with van der Waals surface area (Å²) in [6, 6.07) is 7.78. The van der Waals surface area contributed by atoms with Crippen LogP contribution < -0.4 is 10.6 Å². The van der Waals surface area contributed by atoms with Crippen LogP contribution in [-0.2, 0) is 11.2 Å². The Morgan fingerprint density at radius 1 is 1.59 bits per heavy atom. The monoisotopic (exact) mass is 234 g/mol. The predicted molar refractivity (Wildman–Crippen MR) is 66.9 cm³/mol. The van der Waals surface area contributed by atoms with Gasteiger partial charge in [0.05, 0.1) is 6.10 Å². The molecule has 0 saturated heterocycles. The molecule has 4 heteroatoms. The van der Waals surface area contributed by atoms with Crippen molar-refractivity contribution in [3.8, 4) is 0 Å². The molecule has 2 rings (SSSR count). The average molecular weight is 234 g/mol. The van der Waals surface area contributed by atoms with Crippen molar-refractivity contribution in [1.29, 1.82) is 0 Å². The number of carbonyl (C=O) groups is 1. The second kappa shape index (κ2) is 5.19. The first-order valence-corrected chi connectivity index (χ1v) is 5.97. The molecule has 0 fully saturated rings. The third-order valence-electron chi connectivity index (χ3n) is 2.95. The summed E-state index contributed by atoms with van der Waals surface area (Å²) < 4.78 is 0. The van der Waals surface area contributed by atoms with Crippen LogP contribution in [0.3, 0.4) is 0 Å². The first-order chi connectivity index (χ1) is 8.16. The zero-order valence-electron chi connectivity index (χ0n) is 9.94. The van der Waals surface area contributed by atoms with Gasteiger partial charge in [-0.1, -0.05) is 18.2 Å². The van der Waals surface area contributed by atoms with E-state index in [-0.39, 0.29) is 18.1 Å². The Kier molecular flexibility index (Phi) is 3.64. The number of para-hydroxylation sites is 1. The third-order valence-corrected chi connectivity index (χ3v) is 2.95. The Labute approximate surface area is 101 Å². The van der Waals surface area contributed by atoms with Gasteiger partial charge in [-0.15, -0.1) is 0 Å². The minimum Gasteiger partial charge on any atom is -0.393 e. The Bertz CT molecular complexity index is 379. The molecule has 0 radical (unpaired) electrons. The van der Waals surface area contributed by atoms with Gasteiger partial charge in [-0.3, -0.25) is 4.79 Å². The van der Waals surface area contributed by atoms with Gasteiger partial charge in [-0.25, -0.2) is 0 Å². The molecule has 0 aliphatic carbocycles. The summed E-state index contributed by atoms with van der Waals surface area (Å²) in [6.45, 7) is 2.24. The molecule has 1 amide bonds. The predicted octanol–water partition coefficient (Wildman–Crippen LogP) is 0.910. The van der Waals surface area contributed by atoms with E-state index in [1.54, 1.807) is 6.92 Å². The number of nitrogens with one attached hydrogen (secondary N) is 2. The highest BCUT2D eigenvalue weighted by Crippen LogP contribution is 2.24. The maximum atomic E-state index is 11.8. The number of amides is 1. The minimum atomic E-state index is -0.371. The van der Waals surface area contributed by atoms with E-state index in [1.807, 2.05) is 24.3 Å². The normalized spacial score (nSPS) is 19.3. The largest absolute Gasteiger partial charge is 0.393 e. The molecule has 2 atom stereocenters. The molecular formula is C13H18N2O2. The van der Waals surface area contributed by atoms with Gasteiger partial charge >= 0.3 is 0 Å². The van der Waals surface area contributed by atoms with Crippen molar-refractivity contribution in [3.63, 3.8) is 0 Å². The number of anilines is 1.